The summed E-state index contributed by atoms with van der Waals surface area (Å²) >= 11 is 0. The molecule has 0 aliphatic heterocycles. The van der Waals surface area contributed by atoms with E-state index in [1.807, 2.05) is 0 Å². The lowest BCUT2D eigenvalue weighted by Crippen LogP contribution is -2.51. The maximum atomic E-state index is 6.56. The molecular formula is C45H83NO3. The molecule has 3 unspecified atom stereocenters. The van der Waals surface area contributed by atoms with Gasteiger partial charge in [-0.25, -0.2) is 0 Å². The van der Waals surface area contributed by atoms with E-state index in [1.165, 1.54) is 135 Å². The monoisotopic (exact) mass is 686 g/mol. The van der Waals surface area contributed by atoms with Crippen LogP contribution in [0.1, 0.15) is 176 Å². The van der Waals surface area contributed by atoms with Crippen molar-refractivity contribution in [3.63, 3.8) is 0 Å². The van der Waals surface area contributed by atoms with Gasteiger partial charge in [0.2, 0.25) is 0 Å². The Kier molecular flexibility index (Phi) is 18.0. The highest BCUT2D eigenvalue weighted by molar-refractivity contribution is 5.25. The summed E-state index contributed by atoms with van der Waals surface area (Å²) in [6.45, 7) is 16.9. The molecule has 3 saturated carbocycles. The number of likely N-dealkylation sites (N-methyl/N-ethyl adjacent to an activating group) is 1. The van der Waals surface area contributed by atoms with Crippen LogP contribution in [0.15, 0.2) is 11.6 Å². The first kappa shape index (κ1) is 41.3. The zero-order valence-corrected chi connectivity index (χ0v) is 33.9. The van der Waals surface area contributed by atoms with Crippen LogP contribution >= 0.6 is 0 Å². The SMILES string of the molecule is CCCCCCCCOC[C@@H](CN(C)C)OCCCCCCO[C@H]1CC[C@@]2(C)C(=CC[C@@H]3C2CC[C@@]2(C)C3CC[C@@H]2C(C)CCCCC)C1. The first-order valence-corrected chi connectivity index (χ1v) is 21.9. The van der Waals surface area contributed by atoms with Crippen molar-refractivity contribution in [1.29, 1.82) is 0 Å². The summed E-state index contributed by atoms with van der Waals surface area (Å²) in [5.41, 5.74) is 2.80. The lowest BCUT2D eigenvalue weighted by atomic mass is 9.47. The minimum Gasteiger partial charge on any atom is -0.379 e. The largest absolute Gasteiger partial charge is 0.379 e. The van der Waals surface area contributed by atoms with Crippen LogP contribution in [0.25, 0.3) is 0 Å². The van der Waals surface area contributed by atoms with Gasteiger partial charge in [0.05, 0.1) is 18.8 Å². The van der Waals surface area contributed by atoms with Crippen molar-refractivity contribution in [2.75, 3.05) is 47.1 Å². The Morgan fingerprint density at radius 3 is 2.22 bits per heavy atom. The molecule has 0 radical (unpaired) electrons. The minimum absolute atomic E-state index is 0.178. The standard InChI is InChI=1S/C45H83NO3/c1-8-10-12-13-14-18-30-47-35-39(34-46(6)7)49-32-20-16-15-19-31-48-38-26-28-44(4)37(33-38)22-23-40-42-25-24-41(36(3)21-17-11-9-2)45(42,5)29-27-43(40)44/h22,36,38-43H,8-21,23-35H2,1-7H3/t36?,38-,39+,40-,41+,42?,43?,44-,45+/m0/s1. The molecular weight excluding hydrogens is 602 g/mol. The second-order valence-electron chi connectivity index (χ2n) is 18.2. The van der Waals surface area contributed by atoms with E-state index in [4.69, 9.17) is 14.2 Å². The maximum absolute atomic E-state index is 6.56. The van der Waals surface area contributed by atoms with Gasteiger partial charge in [-0.1, -0.05) is 117 Å². The normalized spacial score (nSPS) is 32.4. The molecule has 0 amide bonds. The molecule has 9 atom stereocenters. The fourth-order valence-corrected chi connectivity index (χ4v) is 11.5. The summed E-state index contributed by atoms with van der Waals surface area (Å²) < 4.78 is 18.8. The molecule has 4 aliphatic carbocycles. The molecule has 4 heteroatoms. The van der Waals surface area contributed by atoms with E-state index in [9.17, 15) is 0 Å². The third-order valence-electron chi connectivity index (χ3n) is 14.3. The molecule has 4 nitrogen and oxygen atoms in total. The van der Waals surface area contributed by atoms with Crippen LogP contribution in [0.4, 0.5) is 0 Å². The molecule has 4 aliphatic rings. The van der Waals surface area contributed by atoms with Crippen LogP contribution in [0.3, 0.4) is 0 Å². The Bertz CT molecular complexity index is 934. The first-order chi connectivity index (χ1) is 23.7. The van der Waals surface area contributed by atoms with Gasteiger partial charge in [-0.2, -0.15) is 0 Å². The second kappa shape index (κ2) is 21.3. The predicted molar refractivity (Wildman–Crippen MR) is 209 cm³/mol. The lowest BCUT2D eigenvalue weighted by molar-refractivity contribution is -0.0641. The minimum atomic E-state index is 0.178. The number of allylic oxidation sites excluding steroid dienone is 1. The van der Waals surface area contributed by atoms with Crippen molar-refractivity contribution in [1.82, 2.24) is 4.90 Å². The van der Waals surface area contributed by atoms with E-state index < -0.39 is 0 Å². The topological polar surface area (TPSA) is 30.9 Å². The molecule has 286 valence electrons. The molecule has 4 rings (SSSR count). The molecule has 0 bridgehead atoms. The lowest BCUT2D eigenvalue weighted by Gasteiger charge is -2.58. The number of rotatable bonds is 25. The van der Waals surface area contributed by atoms with Crippen LogP contribution in [0.2, 0.25) is 0 Å². The zero-order valence-electron chi connectivity index (χ0n) is 33.9. The molecule has 0 heterocycles. The highest BCUT2D eigenvalue weighted by Gasteiger charge is 2.59. The molecule has 0 spiro atoms. The molecule has 49 heavy (non-hydrogen) atoms. The number of hydrogen-bond donors (Lipinski definition) is 0. The Morgan fingerprint density at radius 2 is 1.47 bits per heavy atom. The van der Waals surface area contributed by atoms with E-state index >= 15 is 0 Å². The van der Waals surface area contributed by atoms with E-state index in [2.05, 4.69) is 59.7 Å². The summed E-state index contributed by atoms with van der Waals surface area (Å²) in [5.74, 6) is 4.67. The second-order valence-corrected chi connectivity index (χ2v) is 18.2. The fraction of sp³-hybridized carbons (Fsp3) is 0.956. The smallest absolute Gasteiger partial charge is 0.0934 e. The van der Waals surface area contributed by atoms with E-state index in [1.54, 1.807) is 5.57 Å². The van der Waals surface area contributed by atoms with Gasteiger partial charge >= 0.3 is 0 Å². The van der Waals surface area contributed by atoms with Crippen LogP contribution in [0.5, 0.6) is 0 Å². The molecule has 0 saturated heterocycles. The number of hydrogen-bond acceptors (Lipinski definition) is 4. The molecule has 0 aromatic rings. The van der Waals surface area contributed by atoms with Gasteiger partial charge in [0.1, 0.15) is 0 Å². The van der Waals surface area contributed by atoms with Crippen LogP contribution in [-0.2, 0) is 14.2 Å². The fourth-order valence-electron chi connectivity index (χ4n) is 11.5. The summed E-state index contributed by atoms with van der Waals surface area (Å²) in [6, 6.07) is 0. The Labute approximate surface area is 305 Å². The summed E-state index contributed by atoms with van der Waals surface area (Å²) in [6.07, 6.45) is 32.8. The Balaban J connectivity index is 1.10. The van der Waals surface area contributed by atoms with E-state index in [0.717, 1.165) is 69.0 Å². The van der Waals surface area contributed by atoms with Gasteiger partial charge in [-0.05, 0) is 125 Å². The highest BCUT2D eigenvalue weighted by atomic mass is 16.5. The van der Waals surface area contributed by atoms with E-state index in [0.29, 0.717) is 16.9 Å². The molecule has 0 N–H and O–H groups in total. The van der Waals surface area contributed by atoms with Gasteiger partial charge < -0.3 is 19.1 Å². The first-order valence-electron chi connectivity index (χ1n) is 21.9. The Morgan fingerprint density at radius 1 is 0.776 bits per heavy atom. The highest BCUT2D eigenvalue weighted by Crippen LogP contribution is 2.67. The predicted octanol–water partition coefficient (Wildman–Crippen LogP) is 12.1. The average molecular weight is 686 g/mol. The van der Waals surface area contributed by atoms with Crippen molar-refractivity contribution in [2.24, 2.45) is 40.4 Å². The van der Waals surface area contributed by atoms with Gasteiger partial charge in [0.15, 0.2) is 0 Å². The van der Waals surface area contributed by atoms with Crippen molar-refractivity contribution < 1.29 is 14.2 Å². The van der Waals surface area contributed by atoms with Crippen molar-refractivity contribution >= 4 is 0 Å². The molecule has 3 fully saturated rings. The number of nitrogens with zero attached hydrogens (tertiary/aromatic N) is 1. The number of unbranched alkanes of at least 4 members (excludes halogenated alkanes) is 10. The third kappa shape index (κ3) is 11.8. The zero-order chi connectivity index (χ0) is 35.1. The van der Waals surface area contributed by atoms with Crippen LogP contribution < -0.4 is 0 Å². The summed E-state index contributed by atoms with van der Waals surface area (Å²) in [7, 11) is 4.26. The maximum Gasteiger partial charge on any atom is 0.0934 e. The average Bonchev–Trinajstić information content (AvgIpc) is 3.44. The number of ether oxygens (including phenoxy) is 3. The quantitative estimate of drug-likeness (QED) is 0.0707. The van der Waals surface area contributed by atoms with Crippen LogP contribution in [-0.4, -0.2) is 64.2 Å². The third-order valence-corrected chi connectivity index (χ3v) is 14.3. The van der Waals surface area contributed by atoms with Crippen molar-refractivity contribution in [3.05, 3.63) is 11.6 Å². The number of fused-ring (bicyclic) bond motifs is 5. The summed E-state index contributed by atoms with van der Waals surface area (Å²) in [4.78, 5) is 2.22. The summed E-state index contributed by atoms with van der Waals surface area (Å²) in [5, 5.41) is 0. The van der Waals surface area contributed by atoms with Gasteiger partial charge in [-0.15, -0.1) is 0 Å². The van der Waals surface area contributed by atoms with Gasteiger partial charge in [0, 0.05) is 26.4 Å². The molecule has 0 aromatic carbocycles. The van der Waals surface area contributed by atoms with Gasteiger partial charge in [0.25, 0.3) is 0 Å². The molecule has 0 aromatic heterocycles. The van der Waals surface area contributed by atoms with Crippen molar-refractivity contribution in [2.45, 2.75) is 188 Å². The van der Waals surface area contributed by atoms with Crippen molar-refractivity contribution in [3.8, 4) is 0 Å². The van der Waals surface area contributed by atoms with E-state index in [-0.39, 0.29) is 6.10 Å². The van der Waals surface area contributed by atoms with Crippen LogP contribution in [0, 0.1) is 40.4 Å². The van der Waals surface area contributed by atoms with Gasteiger partial charge in [-0.3, -0.25) is 0 Å². The Hall–Kier alpha value is -0.420.